The van der Waals surface area contributed by atoms with E-state index >= 15 is 0 Å². The van der Waals surface area contributed by atoms with E-state index in [2.05, 4.69) is 20.8 Å². The van der Waals surface area contributed by atoms with Crippen molar-refractivity contribution in [3.8, 4) is 5.69 Å². The number of tetrazole rings is 1. The average molecular weight is 407 g/mol. The summed E-state index contributed by atoms with van der Waals surface area (Å²) in [6.07, 6.45) is 0.425. The molecule has 0 aliphatic heterocycles. The zero-order chi connectivity index (χ0) is 21.7. The molecule has 0 bridgehead atoms. The molecule has 1 N–H and O–H groups in total. The van der Waals surface area contributed by atoms with Gasteiger partial charge in [0.15, 0.2) is 6.10 Å². The highest BCUT2D eigenvalue weighted by molar-refractivity contribution is 6.02. The number of benzene rings is 2. The molecule has 1 atom stereocenters. The number of esters is 1. The third-order valence-electron chi connectivity index (χ3n) is 4.31. The quantitative estimate of drug-likeness (QED) is 0.473. The van der Waals surface area contributed by atoms with Gasteiger partial charge in [-0.15, -0.1) is 5.10 Å². The normalized spacial score (nSPS) is 11.7. The first-order valence-corrected chi connectivity index (χ1v) is 9.34. The number of nitrogens with one attached hydrogen (secondary N) is 1. The molecular formula is C21H21N5O4. The molecule has 0 spiro atoms. The maximum absolute atomic E-state index is 12.6. The van der Waals surface area contributed by atoms with Crippen LogP contribution in [0.2, 0.25) is 0 Å². The molecule has 0 aliphatic carbocycles. The number of carbonyl (C=O) groups excluding carboxylic acids is 3. The summed E-state index contributed by atoms with van der Waals surface area (Å²) in [6, 6.07) is 13.0. The summed E-state index contributed by atoms with van der Waals surface area (Å²) in [5.74, 6) is -1.24. The summed E-state index contributed by atoms with van der Waals surface area (Å²) in [4.78, 5) is 36.8. The van der Waals surface area contributed by atoms with E-state index in [9.17, 15) is 14.4 Å². The van der Waals surface area contributed by atoms with Crippen molar-refractivity contribution in [2.75, 3.05) is 5.32 Å². The van der Waals surface area contributed by atoms with Gasteiger partial charge in [0.25, 0.3) is 0 Å². The highest BCUT2D eigenvalue weighted by atomic mass is 16.5. The highest BCUT2D eigenvalue weighted by Gasteiger charge is 2.21. The molecule has 0 saturated carbocycles. The number of Topliss-reactive ketones (excluding diaryl/α,β-unsaturated/α-hetero) is 1. The van der Waals surface area contributed by atoms with Crippen LogP contribution in [0.25, 0.3) is 5.69 Å². The Balaban J connectivity index is 1.65. The minimum atomic E-state index is -0.981. The summed E-state index contributed by atoms with van der Waals surface area (Å²) in [5.41, 5.74) is 1.83. The van der Waals surface area contributed by atoms with Gasteiger partial charge in [-0.05, 0) is 59.8 Å². The van der Waals surface area contributed by atoms with E-state index in [0.29, 0.717) is 16.9 Å². The van der Waals surface area contributed by atoms with Crippen LogP contribution in [-0.2, 0) is 9.53 Å². The minimum absolute atomic E-state index is 0.111. The van der Waals surface area contributed by atoms with Crippen LogP contribution in [0.4, 0.5) is 5.69 Å². The number of aromatic nitrogens is 4. The molecule has 1 amide bonds. The van der Waals surface area contributed by atoms with Crippen LogP contribution in [0, 0.1) is 5.92 Å². The highest BCUT2D eigenvalue weighted by Crippen LogP contribution is 2.15. The average Bonchev–Trinajstić information content (AvgIpc) is 3.28. The summed E-state index contributed by atoms with van der Waals surface area (Å²) in [6.45, 7) is 5.10. The first kappa shape index (κ1) is 20.8. The van der Waals surface area contributed by atoms with Gasteiger partial charge in [0.1, 0.15) is 6.33 Å². The van der Waals surface area contributed by atoms with Gasteiger partial charge in [-0.2, -0.15) is 0 Å². The van der Waals surface area contributed by atoms with Gasteiger partial charge in [0, 0.05) is 17.2 Å². The van der Waals surface area contributed by atoms with E-state index < -0.39 is 12.1 Å². The smallest absolute Gasteiger partial charge is 0.338 e. The fourth-order valence-corrected chi connectivity index (χ4v) is 2.58. The molecular weight excluding hydrogens is 386 g/mol. The van der Waals surface area contributed by atoms with E-state index in [-0.39, 0.29) is 23.2 Å². The van der Waals surface area contributed by atoms with Crippen LogP contribution in [0.3, 0.4) is 0 Å². The zero-order valence-corrected chi connectivity index (χ0v) is 16.8. The number of anilines is 1. The van der Waals surface area contributed by atoms with Crippen LogP contribution < -0.4 is 5.32 Å². The fourth-order valence-electron chi connectivity index (χ4n) is 2.58. The Morgan fingerprint density at radius 2 is 1.73 bits per heavy atom. The fraction of sp³-hybridized carbons (Fsp3) is 0.238. The standard InChI is InChI=1S/C21H21N5O4/c1-13(2)20(28)23-17-9-7-15(8-10-17)19(27)14(3)30-21(29)16-5-4-6-18(11-16)26-12-22-24-25-26/h4-14H,1-3H3,(H,23,28)/t14-/m0/s1. The molecule has 1 heterocycles. The van der Waals surface area contributed by atoms with E-state index in [1.54, 1.807) is 62.4 Å². The van der Waals surface area contributed by atoms with Gasteiger partial charge in [-0.25, -0.2) is 9.48 Å². The maximum atomic E-state index is 12.6. The zero-order valence-electron chi connectivity index (χ0n) is 16.8. The second-order valence-electron chi connectivity index (χ2n) is 6.94. The number of hydrogen-bond donors (Lipinski definition) is 1. The number of nitrogens with zero attached hydrogens (tertiary/aromatic N) is 4. The first-order chi connectivity index (χ1) is 14.3. The number of amides is 1. The van der Waals surface area contributed by atoms with Crippen molar-refractivity contribution in [1.82, 2.24) is 20.2 Å². The SMILES string of the molecule is CC(C)C(=O)Nc1ccc(C(=O)[C@H](C)OC(=O)c2cccc(-n3cnnn3)c2)cc1. The third-order valence-corrected chi connectivity index (χ3v) is 4.31. The Morgan fingerprint density at radius 1 is 1.00 bits per heavy atom. The van der Waals surface area contributed by atoms with Gasteiger partial charge in [-0.1, -0.05) is 19.9 Å². The third kappa shape index (κ3) is 4.93. The number of ether oxygens (including phenoxy) is 1. The number of hydrogen-bond acceptors (Lipinski definition) is 7. The van der Waals surface area contributed by atoms with Gasteiger partial charge in [0.2, 0.25) is 11.7 Å². The Morgan fingerprint density at radius 3 is 2.37 bits per heavy atom. The molecule has 9 nitrogen and oxygen atoms in total. The van der Waals surface area contributed by atoms with E-state index in [1.165, 1.54) is 17.9 Å². The molecule has 0 aliphatic rings. The van der Waals surface area contributed by atoms with E-state index in [0.717, 1.165) is 0 Å². The molecule has 0 fully saturated rings. The van der Waals surface area contributed by atoms with E-state index in [4.69, 9.17) is 4.74 Å². The van der Waals surface area contributed by atoms with Crippen LogP contribution in [0.5, 0.6) is 0 Å². The van der Waals surface area contributed by atoms with Crippen molar-refractivity contribution in [3.05, 3.63) is 66.0 Å². The molecule has 2 aromatic carbocycles. The summed E-state index contributed by atoms with van der Waals surface area (Å²) < 4.78 is 6.74. The second kappa shape index (κ2) is 9.08. The Bertz CT molecular complexity index is 1050. The molecule has 9 heteroatoms. The number of carbonyl (C=O) groups is 3. The monoisotopic (exact) mass is 407 g/mol. The van der Waals surface area contributed by atoms with Crippen LogP contribution in [-0.4, -0.2) is 44.0 Å². The number of ketones is 1. The minimum Gasteiger partial charge on any atom is -0.451 e. The predicted molar refractivity (Wildman–Crippen MR) is 108 cm³/mol. The lowest BCUT2D eigenvalue weighted by Gasteiger charge is -2.13. The van der Waals surface area contributed by atoms with Gasteiger partial charge in [-0.3, -0.25) is 9.59 Å². The molecule has 0 unspecified atom stereocenters. The lowest BCUT2D eigenvalue weighted by Crippen LogP contribution is -2.24. The van der Waals surface area contributed by atoms with Crippen molar-refractivity contribution < 1.29 is 19.1 Å². The molecule has 3 rings (SSSR count). The van der Waals surface area contributed by atoms with Crippen molar-refractivity contribution in [2.45, 2.75) is 26.9 Å². The second-order valence-corrected chi connectivity index (χ2v) is 6.94. The predicted octanol–water partition coefficient (Wildman–Crippen LogP) is 2.69. The van der Waals surface area contributed by atoms with Crippen molar-refractivity contribution in [1.29, 1.82) is 0 Å². The number of rotatable bonds is 7. The van der Waals surface area contributed by atoms with Crippen molar-refractivity contribution >= 4 is 23.3 Å². The lowest BCUT2D eigenvalue weighted by atomic mass is 10.1. The maximum Gasteiger partial charge on any atom is 0.338 e. The van der Waals surface area contributed by atoms with Crippen LogP contribution >= 0.6 is 0 Å². The topological polar surface area (TPSA) is 116 Å². The summed E-state index contributed by atoms with van der Waals surface area (Å²) in [5, 5.41) is 13.6. The Kier molecular flexibility index (Phi) is 6.31. The lowest BCUT2D eigenvalue weighted by molar-refractivity contribution is -0.118. The Labute approximate surface area is 173 Å². The molecule has 0 radical (unpaired) electrons. The molecule has 154 valence electrons. The Hall–Kier alpha value is -3.88. The van der Waals surface area contributed by atoms with Gasteiger partial charge in [0.05, 0.1) is 11.3 Å². The molecule has 1 aromatic heterocycles. The molecule has 3 aromatic rings. The molecule has 30 heavy (non-hydrogen) atoms. The first-order valence-electron chi connectivity index (χ1n) is 9.34. The van der Waals surface area contributed by atoms with Gasteiger partial charge < -0.3 is 10.1 Å². The van der Waals surface area contributed by atoms with Gasteiger partial charge >= 0.3 is 5.97 Å². The molecule has 0 saturated heterocycles. The largest absolute Gasteiger partial charge is 0.451 e. The van der Waals surface area contributed by atoms with Crippen molar-refractivity contribution in [2.24, 2.45) is 5.92 Å². The van der Waals surface area contributed by atoms with Crippen LogP contribution in [0.15, 0.2) is 54.9 Å². The van der Waals surface area contributed by atoms with E-state index in [1.807, 2.05) is 0 Å². The van der Waals surface area contributed by atoms with Crippen LogP contribution in [0.1, 0.15) is 41.5 Å². The summed E-state index contributed by atoms with van der Waals surface area (Å²) >= 11 is 0. The summed E-state index contributed by atoms with van der Waals surface area (Å²) in [7, 11) is 0. The van der Waals surface area contributed by atoms with Crippen molar-refractivity contribution in [3.63, 3.8) is 0 Å².